The van der Waals surface area contributed by atoms with Crippen molar-refractivity contribution >= 4 is 0 Å². The van der Waals surface area contributed by atoms with E-state index in [1.165, 1.54) is 12.1 Å². The molecule has 0 saturated carbocycles. The van der Waals surface area contributed by atoms with E-state index in [4.69, 9.17) is 0 Å². The highest BCUT2D eigenvalue weighted by Crippen LogP contribution is 2.20. The van der Waals surface area contributed by atoms with Gasteiger partial charge < -0.3 is 9.84 Å². The Balaban J connectivity index is 1.89. The highest BCUT2D eigenvalue weighted by atomic mass is 19.3. The second kappa shape index (κ2) is 7.82. The summed E-state index contributed by atoms with van der Waals surface area (Å²) in [7, 11) is 1.89. The van der Waals surface area contributed by atoms with Crippen LogP contribution in [0.5, 0.6) is 5.75 Å². The zero-order valence-corrected chi connectivity index (χ0v) is 12.2. The quantitative estimate of drug-likeness (QED) is 0.854. The third kappa shape index (κ3) is 5.05. The van der Waals surface area contributed by atoms with Crippen molar-refractivity contribution in [1.82, 2.24) is 9.88 Å². The molecule has 1 unspecified atom stereocenters. The Bertz CT molecular complexity index is 564. The highest BCUT2D eigenvalue weighted by Gasteiger charge is 2.12. The van der Waals surface area contributed by atoms with Crippen molar-refractivity contribution in [3.63, 3.8) is 0 Å². The lowest BCUT2D eigenvalue weighted by atomic mass is 10.1. The van der Waals surface area contributed by atoms with Crippen LogP contribution in [0, 0.1) is 0 Å². The Labute approximate surface area is 128 Å². The normalized spacial score (nSPS) is 12.6. The van der Waals surface area contributed by atoms with E-state index >= 15 is 0 Å². The SMILES string of the molecule is CN(Cc1cccnc1)CC(O)c1ccc(OC(F)F)cc1. The molecule has 2 aromatic rings. The van der Waals surface area contributed by atoms with Gasteiger partial charge in [0.05, 0.1) is 6.10 Å². The molecule has 0 aliphatic carbocycles. The second-order valence-corrected chi connectivity index (χ2v) is 5.02. The lowest BCUT2D eigenvalue weighted by molar-refractivity contribution is -0.0498. The lowest BCUT2D eigenvalue weighted by Crippen LogP contribution is -2.24. The van der Waals surface area contributed by atoms with Crippen molar-refractivity contribution in [2.45, 2.75) is 19.3 Å². The standard InChI is InChI=1S/C16H18F2N2O2/c1-20(10-12-3-2-8-19-9-12)11-15(21)13-4-6-14(7-5-13)22-16(17)18/h2-9,15-16,21H,10-11H2,1H3. The molecule has 4 nitrogen and oxygen atoms in total. The predicted octanol–water partition coefficient (Wildman–Crippen LogP) is 2.85. The van der Waals surface area contributed by atoms with Crippen LogP contribution in [0.15, 0.2) is 48.8 Å². The smallest absolute Gasteiger partial charge is 0.387 e. The third-order valence-electron chi connectivity index (χ3n) is 3.15. The van der Waals surface area contributed by atoms with E-state index in [1.54, 1.807) is 24.5 Å². The van der Waals surface area contributed by atoms with Gasteiger partial charge in [0.2, 0.25) is 0 Å². The molecule has 118 valence electrons. The van der Waals surface area contributed by atoms with Gasteiger partial charge in [-0.1, -0.05) is 18.2 Å². The molecule has 0 spiro atoms. The number of nitrogens with zero attached hydrogens (tertiary/aromatic N) is 2. The monoisotopic (exact) mass is 308 g/mol. The lowest BCUT2D eigenvalue weighted by Gasteiger charge is -2.21. The average molecular weight is 308 g/mol. The van der Waals surface area contributed by atoms with Gasteiger partial charge >= 0.3 is 6.61 Å². The summed E-state index contributed by atoms with van der Waals surface area (Å²) in [5, 5.41) is 10.2. The van der Waals surface area contributed by atoms with Crippen molar-refractivity contribution < 1.29 is 18.6 Å². The molecule has 0 aliphatic heterocycles. The van der Waals surface area contributed by atoms with E-state index in [0.717, 1.165) is 5.56 Å². The Hall–Kier alpha value is -2.05. The van der Waals surface area contributed by atoms with Crippen LogP contribution in [-0.2, 0) is 6.54 Å². The molecule has 22 heavy (non-hydrogen) atoms. The molecule has 0 saturated heterocycles. The summed E-state index contributed by atoms with van der Waals surface area (Å²) in [6.45, 7) is -1.76. The van der Waals surface area contributed by atoms with Crippen molar-refractivity contribution in [3.05, 3.63) is 59.9 Å². The number of likely N-dealkylation sites (N-methyl/N-ethyl adjacent to an activating group) is 1. The van der Waals surface area contributed by atoms with Gasteiger partial charge in [0.25, 0.3) is 0 Å². The minimum Gasteiger partial charge on any atom is -0.435 e. The van der Waals surface area contributed by atoms with E-state index in [2.05, 4.69) is 9.72 Å². The van der Waals surface area contributed by atoms with E-state index < -0.39 is 12.7 Å². The van der Waals surface area contributed by atoms with Crippen LogP contribution in [0.4, 0.5) is 8.78 Å². The van der Waals surface area contributed by atoms with Crippen molar-refractivity contribution in [3.8, 4) is 5.75 Å². The van der Waals surface area contributed by atoms with Crippen LogP contribution in [-0.4, -0.2) is 35.2 Å². The number of benzene rings is 1. The summed E-state index contributed by atoms with van der Waals surface area (Å²) >= 11 is 0. The first kappa shape index (κ1) is 16.3. The summed E-state index contributed by atoms with van der Waals surface area (Å²) in [5.41, 5.74) is 1.71. The molecule has 0 aliphatic rings. The molecule has 6 heteroatoms. The molecule has 1 N–H and O–H groups in total. The largest absolute Gasteiger partial charge is 0.435 e. The Morgan fingerprint density at radius 2 is 1.95 bits per heavy atom. The van der Waals surface area contributed by atoms with Crippen molar-refractivity contribution in [2.75, 3.05) is 13.6 Å². The second-order valence-electron chi connectivity index (χ2n) is 5.02. The first-order chi connectivity index (χ1) is 10.5. The third-order valence-corrected chi connectivity index (χ3v) is 3.15. The molecule has 0 amide bonds. The van der Waals surface area contributed by atoms with Gasteiger partial charge in [0, 0.05) is 25.5 Å². The maximum Gasteiger partial charge on any atom is 0.387 e. The molecule has 0 radical (unpaired) electrons. The minimum absolute atomic E-state index is 0.0784. The maximum absolute atomic E-state index is 12.1. The van der Waals surface area contributed by atoms with E-state index in [-0.39, 0.29) is 5.75 Å². The fraction of sp³-hybridized carbons (Fsp3) is 0.312. The molecule has 0 fully saturated rings. The summed E-state index contributed by atoms with van der Waals surface area (Å²) in [6, 6.07) is 9.84. The Morgan fingerprint density at radius 3 is 2.55 bits per heavy atom. The zero-order valence-electron chi connectivity index (χ0n) is 12.2. The van der Waals surface area contributed by atoms with Gasteiger partial charge in [0.1, 0.15) is 5.75 Å². The van der Waals surface area contributed by atoms with Crippen molar-refractivity contribution in [2.24, 2.45) is 0 Å². The number of aliphatic hydroxyl groups excluding tert-OH is 1. The van der Waals surface area contributed by atoms with Gasteiger partial charge in [0.15, 0.2) is 0 Å². The number of rotatable bonds is 7. The molecule has 1 heterocycles. The summed E-state index contributed by atoms with van der Waals surface area (Å²) < 4.78 is 28.4. The van der Waals surface area contributed by atoms with Crippen LogP contribution >= 0.6 is 0 Å². The first-order valence-corrected chi connectivity index (χ1v) is 6.85. The van der Waals surface area contributed by atoms with Crippen molar-refractivity contribution in [1.29, 1.82) is 0 Å². The summed E-state index contributed by atoms with van der Waals surface area (Å²) in [6.07, 6.45) is 2.78. The van der Waals surface area contributed by atoms with Crippen LogP contribution < -0.4 is 4.74 Å². The molecule has 1 aromatic heterocycles. The molecular weight excluding hydrogens is 290 g/mol. The number of ether oxygens (including phenoxy) is 1. The van der Waals surface area contributed by atoms with E-state index in [1.807, 2.05) is 24.1 Å². The number of aromatic nitrogens is 1. The van der Waals surface area contributed by atoms with Gasteiger partial charge in [-0.3, -0.25) is 9.88 Å². The first-order valence-electron chi connectivity index (χ1n) is 6.85. The van der Waals surface area contributed by atoms with Gasteiger partial charge in [-0.2, -0.15) is 8.78 Å². The Morgan fingerprint density at radius 1 is 1.23 bits per heavy atom. The number of hydrogen-bond donors (Lipinski definition) is 1. The van der Waals surface area contributed by atoms with E-state index in [0.29, 0.717) is 18.7 Å². The summed E-state index contributed by atoms with van der Waals surface area (Å²) in [5.74, 6) is 0.0784. The van der Waals surface area contributed by atoms with Crippen LogP contribution in [0.2, 0.25) is 0 Å². The predicted molar refractivity (Wildman–Crippen MR) is 78.6 cm³/mol. The van der Waals surface area contributed by atoms with E-state index in [9.17, 15) is 13.9 Å². The van der Waals surface area contributed by atoms with Crippen LogP contribution in [0.1, 0.15) is 17.2 Å². The molecule has 2 rings (SSSR count). The maximum atomic E-state index is 12.1. The number of halogens is 2. The minimum atomic E-state index is -2.85. The number of aliphatic hydroxyl groups is 1. The topological polar surface area (TPSA) is 45.6 Å². The zero-order chi connectivity index (χ0) is 15.9. The van der Waals surface area contributed by atoms with Gasteiger partial charge in [-0.25, -0.2) is 0 Å². The highest BCUT2D eigenvalue weighted by molar-refractivity contribution is 5.28. The fourth-order valence-electron chi connectivity index (χ4n) is 2.14. The molecule has 1 atom stereocenters. The molecular formula is C16H18F2N2O2. The molecule has 1 aromatic carbocycles. The Kier molecular flexibility index (Phi) is 5.80. The van der Waals surface area contributed by atoms with Crippen LogP contribution in [0.25, 0.3) is 0 Å². The number of pyridine rings is 1. The number of hydrogen-bond acceptors (Lipinski definition) is 4. The van der Waals surface area contributed by atoms with Crippen LogP contribution in [0.3, 0.4) is 0 Å². The van der Waals surface area contributed by atoms with Gasteiger partial charge in [-0.15, -0.1) is 0 Å². The van der Waals surface area contributed by atoms with Gasteiger partial charge in [-0.05, 0) is 36.4 Å². The fourth-order valence-corrected chi connectivity index (χ4v) is 2.14. The molecule has 0 bridgehead atoms. The average Bonchev–Trinajstić information content (AvgIpc) is 2.48. The summed E-state index contributed by atoms with van der Waals surface area (Å²) in [4.78, 5) is 6.01. The number of alkyl halides is 2.